The zero-order chi connectivity index (χ0) is 37.0. The predicted octanol–water partition coefficient (Wildman–Crippen LogP) is 14.3. The SMILES string of the molecule is c1ccc(-c2cc(-c3ccccc3)nc(-n3c4ccccc4c4cc(-c5ccccc5-c5ccccc5-c5cccc6c5sc5ccccc56)ccc43)n2)cc1. The van der Waals surface area contributed by atoms with Crippen molar-refractivity contribution in [2.24, 2.45) is 0 Å². The number of para-hydroxylation sites is 1. The monoisotopic (exact) mass is 731 g/mol. The summed E-state index contributed by atoms with van der Waals surface area (Å²) in [5.41, 5.74) is 13.3. The highest BCUT2D eigenvalue weighted by Crippen LogP contribution is 2.45. The standard InChI is InChI=1S/C52H33N3S/c1-3-16-34(17-4-1)46-33-47(35-18-5-2-6-19-35)54-52(53-46)55-48-28-13-11-24-41(48)45-32-36(30-31-49(45)55)37-20-7-8-21-38(37)39-22-9-10-23-40(39)43-26-15-27-44-42-25-12-14-29-50(42)56-51(43)44/h1-33H. The topological polar surface area (TPSA) is 30.7 Å². The molecule has 0 amide bonds. The third-order valence-corrected chi connectivity index (χ3v) is 12.1. The van der Waals surface area contributed by atoms with Gasteiger partial charge in [0.2, 0.25) is 5.95 Å². The van der Waals surface area contributed by atoms with Crippen molar-refractivity contribution in [3.05, 3.63) is 200 Å². The average molecular weight is 732 g/mol. The Morgan fingerprint density at radius 2 is 0.857 bits per heavy atom. The fraction of sp³-hybridized carbons (Fsp3) is 0. The van der Waals surface area contributed by atoms with Crippen molar-refractivity contribution in [1.82, 2.24) is 14.5 Å². The summed E-state index contributed by atoms with van der Waals surface area (Å²) >= 11 is 1.88. The molecule has 8 aromatic carbocycles. The highest BCUT2D eigenvalue weighted by Gasteiger charge is 2.20. The first-order chi connectivity index (χ1) is 27.8. The molecule has 56 heavy (non-hydrogen) atoms. The first-order valence-electron chi connectivity index (χ1n) is 18.9. The van der Waals surface area contributed by atoms with Crippen LogP contribution in [-0.2, 0) is 0 Å². The Labute approximate surface area is 328 Å². The van der Waals surface area contributed by atoms with E-state index in [1.54, 1.807) is 0 Å². The van der Waals surface area contributed by atoms with Crippen LogP contribution in [0.3, 0.4) is 0 Å². The molecule has 3 nitrogen and oxygen atoms in total. The van der Waals surface area contributed by atoms with Crippen LogP contribution in [0.25, 0.3) is 104 Å². The minimum atomic E-state index is 0.647. The van der Waals surface area contributed by atoms with Crippen molar-refractivity contribution in [3.63, 3.8) is 0 Å². The minimum Gasteiger partial charge on any atom is -0.278 e. The van der Waals surface area contributed by atoms with Crippen LogP contribution in [-0.4, -0.2) is 14.5 Å². The van der Waals surface area contributed by atoms with Crippen LogP contribution < -0.4 is 0 Å². The van der Waals surface area contributed by atoms with Gasteiger partial charge in [-0.25, -0.2) is 9.97 Å². The van der Waals surface area contributed by atoms with E-state index < -0.39 is 0 Å². The normalized spacial score (nSPS) is 11.6. The molecule has 11 rings (SSSR count). The fourth-order valence-corrected chi connectivity index (χ4v) is 9.52. The van der Waals surface area contributed by atoms with Crippen LogP contribution in [0.5, 0.6) is 0 Å². The smallest absolute Gasteiger partial charge is 0.235 e. The van der Waals surface area contributed by atoms with Crippen LogP contribution in [0.4, 0.5) is 0 Å². The number of benzene rings is 8. The van der Waals surface area contributed by atoms with Crippen LogP contribution in [0.1, 0.15) is 0 Å². The molecule has 11 aromatic rings. The molecule has 0 atom stereocenters. The average Bonchev–Trinajstić information content (AvgIpc) is 3.83. The second kappa shape index (κ2) is 13.3. The zero-order valence-corrected chi connectivity index (χ0v) is 31.1. The molecule has 0 aliphatic heterocycles. The second-order valence-corrected chi connectivity index (χ2v) is 15.2. The van der Waals surface area contributed by atoms with Crippen molar-refractivity contribution in [2.45, 2.75) is 0 Å². The molecule has 0 saturated heterocycles. The molecule has 262 valence electrons. The maximum absolute atomic E-state index is 5.23. The predicted molar refractivity (Wildman–Crippen MR) is 236 cm³/mol. The second-order valence-electron chi connectivity index (χ2n) is 14.1. The lowest BCUT2D eigenvalue weighted by atomic mass is 9.89. The maximum atomic E-state index is 5.23. The molecule has 0 N–H and O–H groups in total. The van der Waals surface area contributed by atoms with Gasteiger partial charge < -0.3 is 0 Å². The molecule has 0 bridgehead atoms. The van der Waals surface area contributed by atoms with Gasteiger partial charge in [-0.05, 0) is 58.1 Å². The number of nitrogens with zero attached hydrogens (tertiary/aromatic N) is 3. The molecule has 0 aliphatic rings. The molecule has 3 heterocycles. The van der Waals surface area contributed by atoms with Crippen molar-refractivity contribution in [3.8, 4) is 61.8 Å². The highest BCUT2D eigenvalue weighted by atomic mass is 32.1. The Hall–Kier alpha value is -7.14. The third kappa shape index (κ3) is 5.34. The molecule has 0 unspecified atom stereocenters. The molecule has 0 radical (unpaired) electrons. The maximum Gasteiger partial charge on any atom is 0.235 e. The minimum absolute atomic E-state index is 0.647. The van der Waals surface area contributed by atoms with E-state index in [0.717, 1.165) is 49.9 Å². The zero-order valence-electron chi connectivity index (χ0n) is 30.3. The van der Waals surface area contributed by atoms with E-state index in [1.165, 1.54) is 48.0 Å². The van der Waals surface area contributed by atoms with Gasteiger partial charge in [0, 0.05) is 47.6 Å². The molecular weight excluding hydrogens is 699 g/mol. The van der Waals surface area contributed by atoms with Gasteiger partial charge in [0.05, 0.1) is 22.4 Å². The summed E-state index contributed by atoms with van der Waals surface area (Å²) in [4.78, 5) is 10.5. The van der Waals surface area contributed by atoms with Crippen LogP contribution in [0.2, 0.25) is 0 Å². The van der Waals surface area contributed by atoms with Crippen LogP contribution in [0, 0.1) is 0 Å². The van der Waals surface area contributed by atoms with Gasteiger partial charge in [0.25, 0.3) is 0 Å². The number of rotatable bonds is 6. The van der Waals surface area contributed by atoms with Crippen molar-refractivity contribution in [1.29, 1.82) is 0 Å². The summed E-state index contributed by atoms with van der Waals surface area (Å²) < 4.78 is 4.86. The van der Waals surface area contributed by atoms with Gasteiger partial charge in [0.1, 0.15) is 0 Å². The Kier molecular flexibility index (Phi) is 7.68. The van der Waals surface area contributed by atoms with E-state index in [0.29, 0.717) is 5.95 Å². The van der Waals surface area contributed by atoms with Crippen LogP contribution in [0.15, 0.2) is 200 Å². The summed E-state index contributed by atoms with van der Waals surface area (Å²) in [5, 5.41) is 4.94. The van der Waals surface area contributed by atoms with Gasteiger partial charge in [-0.15, -0.1) is 11.3 Å². The third-order valence-electron chi connectivity index (χ3n) is 10.9. The number of fused-ring (bicyclic) bond motifs is 6. The Bertz CT molecular complexity index is 3190. The fourth-order valence-electron chi connectivity index (χ4n) is 8.29. The van der Waals surface area contributed by atoms with Gasteiger partial charge in [-0.1, -0.05) is 170 Å². The van der Waals surface area contributed by atoms with Gasteiger partial charge in [0.15, 0.2) is 0 Å². The summed E-state index contributed by atoms with van der Waals surface area (Å²) in [6, 6.07) is 71.4. The lowest BCUT2D eigenvalue weighted by molar-refractivity contribution is 0.995. The van der Waals surface area contributed by atoms with Gasteiger partial charge in [-0.2, -0.15) is 0 Å². The molecule has 0 saturated carbocycles. The van der Waals surface area contributed by atoms with Crippen LogP contribution >= 0.6 is 11.3 Å². The van der Waals surface area contributed by atoms with E-state index >= 15 is 0 Å². The number of hydrogen-bond acceptors (Lipinski definition) is 3. The Balaban J connectivity index is 1.09. The lowest BCUT2D eigenvalue weighted by Gasteiger charge is -2.16. The van der Waals surface area contributed by atoms with E-state index in [-0.39, 0.29) is 0 Å². The van der Waals surface area contributed by atoms with E-state index in [9.17, 15) is 0 Å². The van der Waals surface area contributed by atoms with Crippen molar-refractivity contribution in [2.75, 3.05) is 0 Å². The van der Waals surface area contributed by atoms with Crippen molar-refractivity contribution >= 4 is 53.3 Å². The lowest BCUT2D eigenvalue weighted by Crippen LogP contribution is -2.04. The van der Waals surface area contributed by atoms with Gasteiger partial charge >= 0.3 is 0 Å². The molecular formula is C52H33N3S. The summed E-state index contributed by atoms with van der Waals surface area (Å²) in [7, 11) is 0. The summed E-state index contributed by atoms with van der Waals surface area (Å²) in [6.45, 7) is 0. The molecule has 3 aromatic heterocycles. The summed E-state index contributed by atoms with van der Waals surface area (Å²) in [5.74, 6) is 0.647. The van der Waals surface area contributed by atoms with Gasteiger partial charge in [-0.3, -0.25) is 4.57 Å². The number of aromatic nitrogens is 3. The quantitative estimate of drug-likeness (QED) is 0.170. The van der Waals surface area contributed by atoms with E-state index in [1.807, 2.05) is 23.5 Å². The first-order valence-corrected chi connectivity index (χ1v) is 19.7. The number of thiophene rings is 1. The molecule has 0 aliphatic carbocycles. The highest BCUT2D eigenvalue weighted by molar-refractivity contribution is 7.26. The molecule has 0 fully saturated rings. The Morgan fingerprint density at radius 1 is 0.339 bits per heavy atom. The van der Waals surface area contributed by atoms with E-state index in [4.69, 9.17) is 9.97 Å². The largest absolute Gasteiger partial charge is 0.278 e. The van der Waals surface area contributed by atoms with Crippen molar-refractivity contribution < 1.29 is 0 Å². The first kappa shape index (κ1) is 32.3. The molecule has 0 spiro atoms. The Morgan fingerprint density at radius 3 is 1.57 bits per heavy atom. The summed E-state index contributed by atoms with van der Waals surface area (Å²) in [6.07, 6.45) is 0. The number of hydrogen-bond donors (Lipinski definition) is 0. The van der Waals surface area contributed by atoms with E-state index in [2.05, 4.69) is 193 Å². The molecule has 4 heteroatoms.